The average molecular weight is 1450 g/mol. The van der Waals surface area contributed by atoms with Gasteiger partial charge in [0.15, 0.2) is 0 Å². The van der Waals surface area contributed by atoms with Gasteiger partial charge >= 0.3 is 6.18 Å². The predicted molar refractivity (Wildman–Crippen MR) is 446 cm³/mol. The van der Waals surface area contributed by atoms with Crippen LogP contribution in [0.1, 0.15) is 5.56 Å². The van der Waals surface area contributed by atoms with E-state index in [1.165, 1.54) is 11.0 Å². The van der Waals surface area contributed by atoms with Gasteiger partial charge in [-0.25, -0.2) is 8.78 Å². The molecule has 0 bridgehead atoms. The van der Waals surface area contributed by atoms with Crippen molar-refractivity contribution in [3.05, 3.63) is 393 Å². The standard InChI is InChI=1S/C97H62B2F5N5S/c100-81-54-31-55-82(101)95(81)109-86-59-71(105(67-40-17-5-18-41-67)68-42-19-6-20-43-68)58-85-90(86)98(77-52-25-27-56-83(77)107(85)70-46-23-8-24-47-70)79-62-80-96(89(94(79)109)97(102,103)104)110-88-61-72(106(69-44-21-7-22-45-69)92-73(63-32-9-1-10-33-63)48-29-49-74(92)64-34-11-2-12-35-64)60-87-91(88)99(80)78-53-26-28-57-84(78)108(87)93-75(65-36-13-3-14-37-65)50-30-51-76(93)66-38-15-4-16-39-66/h1-62H. The van der Waals surface area contributed by atoms with E-state index in [1.54, 1.807) is 0 Å². The molecule has 16 aromatic rings. The zero-order valence-corrected chi connectivity index (χ0v) is 59.8. The Morgan fingerprint density at radius 1 is 0.282 bits per heavy atom. The van der Waals surface area contributed by atoms with E-state index < -0.39 is 42.5 Å². The van der Waals surface area contributed by atoms with Crippen LogP contribution in [0.25, 0.3) is 44.5 Å². The van der Waals surface area contributed by atoms with E-state index in [2.05, 4.69) is 142 Å². The van der Waals surface area contributed by atoms with E-state index in [0.717, 1.165) is 131 Å². The highest BCUT2D eigenvalue weighted by atomic mass is 32.2. The molecule has 0 aliphatic carbocycles. The second kappa shape index (κ2) is 26.8. The number of benzene rings is 16. The fraction of sp³-hybridized carbons (Fsp3) is 0.0103. The van der Waals surface area contributed by atoms with E-state index in [-0.39, 0.29) is 21.7 Å². The third kappa shape index (κ3) is 10.8. The molecule has 0 saturated carbocycles. The summed E-state index contributed by atoms with van der Waals surface area (Å²) in [6.07, 6.45) is -5.20. The molecule has 4 heterocycles. The Kier molecular flexibility index (Phi) is 16.1. The molecule has 0 radical (unpaired) electrons. The maximum atomic E-state index is 18.7. The molecule has 0 amide bonds. The zero-order valence-electron chi connectivity index (χ0n) is 59.0. The van der Waals surface area contributed by atoms with Gasteiger partial charge in [0, 0.05) is 88.9 Å². The molecule has 5 nitrogen and oxygen atoms in total. The summed E-state index contributed by atoms with van der Waals surface area (Å²) in [7, 11) is 0. The minimum absolute atomic E-state index is 0.0811. The summed E-state index contributed by atoms with van der Waals surface area (Å²) in [4.78, 5) is 10.6. The Balaban J connectivity index is 0.932. The number of nitrogens with zero attached hydrogens (tertiary/aromatic N) is 5. The molecule has 13 heteroatoms. The van der Waals surface area contributed by atoms with Gasteiger partial charge in [-0.1, -0.05) is 296 Å². The highest BCUT2D eigenvalue weighted by Gasteiger charge is 2.53. The molecule has 4 aliphatic heterocycles. The number of fused-ring (bicyclic) bond motifs is 8. The fourth-order valence-corrected chi connectivity index (χ4v) is 18.7. The summed E-state index contributed by atoms with van der Waals surface area (Å²) in [5, 5.41) is 0. The highest BCUT2D eigenvalue weighted by molar-refractivity contribution is 8.00. The quantitative estimate of drug-likeness (QED) is 0.0839. The van der Waals surface area contributed by atoms with Crippen LogP contribution in [0.2, 0.25) is 0 Å². The van der Waals surface area contributed by atoms with Crippen molar-refractivity contribution in [2.75, 3.05) is 24.5 Å². The number of rotatable bonds is 13. The summed E-state index contributed by atoms with van der Waals surface area (Å²) in [5.74, 6) is -2.08. The van der Waals surface area contributed by atoms with Crippen molar-refractivity contribution >= 4 is 143 Å². The summed E-state index contributed by atoms with van der Waals surface area (Å²) in [6.45, 7) is -1.82. The average Bonchev–Trinajstić information content (AvgIpc) is 0.679. The molecule has 0 fully saturated rings. The third-order valence-corrected chi connectivity index (χ3v) is 23.0. The second-order valence-corrected chi connectivity index (χ2v) is 29.0. The first-order valence-electron chi connectivity index (χ1n) is 36.7. The van der Waals surface area contributed by atoms with Crippen LogP contribution in [0.3, 0.4) is 0 Å². The Bertz CT molecular complexity index is 6070. The molecule has 0 N–H and O–H groups in total. The van der Waals surface area contributed by atoms with Gasteiger partial charge in [0.05, 0.1) is 28.3 Å². The minimum Gasteiger partial charge on any atom is -0.311 e. The SMILES string of the molecule is Fc1cccc(F)c1N1c2cc(N(c3ccccc3)c3ccccc3)cc3c2B(c2ccccc2N3c2ccccc2)c2cc3c(c(C(F)(F)F)c21)Sc1cc(N(c2ccccc2)c2c(-c4ccccc4)cccc2-c2ccccc2)cc2c1B3c1ccccc1N2c1c(-c2ccccc2)cccc1-c1ccccc1. The smallest absolute Gasteiger partial charge is 0.311 e. The van der Waals surface area contributed by atoms with Crippen LogP contribution in [-0.2, 0) is 6.18 Å². The van der Waals surface area contributed by atoms with Crippen LogP contribution >= 0.6 is 11.8 Å². The van der Waals surface area contributed by atoms with Crippen LogP contribution in [0, 0.1) is 11.6 Å². The third-order valence-electron chi connectivity index (χ3n) is 21.7. The van der Waals surface area contributed by atoms with Crippen LogP contribution in [-0.4, -0.2) is 13.4 Å². The maximum absolute atomic E-state index is 18.7. The molecule has 0 atom stereocenters. The minimum atomic E-state index is -5.20. The summed E-state index contributed by atoms with van der Waals surface area (Å²) < 4.78 is 92.2. The molecule has 0 aromatic heterocycles. The van der Waals surface area contributed by atoms with Crippen LogP contribution in [0.5, 0.6) is 0 Å². The van der Waals surface area contributed by atoms with Gasteiger partial charge in [0.1, 0.15) is 17.3 Å². The first-order valence-corrected chi connectivity index (χ1v) is 37.6. The Morgan fingerprint density at radius 2 is 0.664 bits per heavy atom. The van der Waals surface area contributed by atoms with E-state index >= 15 is 22.0 Å². The van der Waals surface area contributed by atoms with Gasteiger partial charge < -0.3 is 24.5 Å². The van der Waals surface area contributed by atoms with Crippen LogP contribution in [0.4, 0.5) is 107 Å². The monoisotopic (exact) mass is 1450 g/mol. The number of alkyl halides is 3. The maximum Gasteiger partial charge on any atom is 0.419 e. The van der Waals surface area contributed by atoms with E-state index in [1.807, 2.05) is 235 Å². The molecule has 0 spiro atoms. The lowest BCUT2D eigenvalue weighted by Gasteiger charge is -2.47. The fourth-order valence-electron chi connectivity index (χ4n) is 17.3. The largest absolute Gasteiger partial charge is 0.419 e. The lowest BCUT2D eigenvalue weighted by molar-refractivity contribution is -0.139. The van der Waals surface area contributed by atoms with Crippen LogP contribution in [0.15, 0.2) is 386 Å². The first kappa shape index (κ1) is 66.1. The molecule has 0 saturated heterocycles. The van der Waals surface area contributed by atoms with Crippen molar-refractivity contribution < 1.29 is 22.0 Å². The van der Waals surface area contributed by atoms with Gasteiger partial charge in [-0.2, -0.15) is 13.2 Å². The molecule has 110 heavy (non-hydrogen) atoms. The van der Waals surface area contributed by atoms with Gasteiger partial charge in [0.25, 0.3) is 6.71 Å². The van der Waals surface area contributed by atoms with Crippen LogP contribution < -0.4 is 57.3 Å². The summed E-state index contributed by atoms with van der Waals surface area (Å²) in [6, 6.07) is 124. The molecule has 4 aliphatic rings. The van der Waals surface area contributed by atoms with Crippen molar-refractivity contribution in [1.82, 2.24) is 0 Å². The van der Waals surface area contributed by atoms with Gasteiger partial charge in [-0.15, -0.1) is 0 Å². The van der Waals surface area contributed by atoms with Crippen molar-refractivity contribution in [1.29, 1.82) is 0 Å². The first-order chi connectivity index (χ1) is 54.1. The topological polar surface area (TPSA) is 16.2 Å². The number of halogens is 5. The van der Waals surface area contributed by atoms with E-state index in [4.69, 9.17) is 0 Å². The highest BCUT2D eigenvalue weighted by Crippen LogP contribution is 2.58. The summed E-state index contributed by atoms with van der Waals surface area (Å²) >= 11 is 1.07. The number of anilines is 15. The predicted octanol–water partition coefficient (Wildman–Crippen LogP) is 23.4. The molecular weight excluding hydrogens is 1380 g/mol. The molecule has 0 unspecified atom stereocenters. The Hall–Kier alpha value is -13.4. The summed E-state index contributed by atoms with van der Waals surface area (Å²) in [5.41, 5.74) is 18.1. The van der Waals surface area contributed by atoms with Gasteiger partial charge in [0.2, 0.25) is 6.71 Å². The molecule has 20 rings (SSSR count). The Morgan fingerprint density at radius 3 is 1.15 bits per heavy atom. The lowest BCUT2D eigenvalue weighted by atomic mass is 9.30. The lowest BCUT2D eigenvalue weighted by Crippen LogP contribution is -2.65. The van der Waals surface area contributed by atoms with Crippen molar-refractivity contribution in [2.24, 2.45) is 0 Å². The van der Waals surface area contributed by atoms with E-state index in [0.29, 0.717) is 38.3 Å². The molecular formula is C97H62B2F5N5S. The van der Waals surface area contributed by atoms with Gasteiger partial charge in [-0.05, 0) is 147 Å². The molecule has 522 valence electrons. The van der Waals surface area contributed by atoms with E-state index in [9.17, 15) is 0 Å². The zero-order chi connectivity index (χ0) is 73.7. The van der Waals surface area contributed by atoms with Gasteiger partial charge in [-0.3, -0.25) is 0 Å². The second-order valence-electron chi connectivity index (χ2n) is 27.9. The van der Waals surface area contributed by atoms with Crippen molar-refractivity contribution in [2.45, 2.75) is 16.0 Å². The van der Waals surface area contributed by atoms with Crippen molar-refractivity contribution in [3.63, 3.8) is 0 Å². The number of para-hydroxylation sites is 9. The Labute approximate surface area is 639 Å². The normalized spacial score (nSPS) is 12.8. The molecule has 16 aromatic carbocycles. The van der Waals surface area contributed by atoms with Crippen molar-refractivity contribution in [3.8, 4) is 44.5 Å². The number of hydrogen-bond acceptors (Lipinski definition) is 6. The number of hydrogen-bond donors (Lipinski definition) is 0.